The molecule has 3 nitrogen and oxygen atoms in total. The number of anilines is 1. The molecule has 0 bridgehead atoms. The Kier molecular flexibility index (Phi) is 4.38. The van der Waals surface area contributed by atoms with E-state index < -0.39 is 0 Å². The van der Waals surface area contributed by atoms with Gasteiger partial charge in [0.15, 0.2) is 0 Å². The van der Waals surface area contributed by atoms with E-state index in [1.807, 2.05) is 6.20 Å². The highest BCUT2D eigenvalue weighted by atomic mass is 15.2. The summed E-state index contributed by atoms with van der Waals surface area (Å²) in [5, 5.41) is 2.40. The fourth-order valence-electron chi connectivity index (χ4n) is 2.50. The van der Waals surface area contributed by atoms with Crippen LogP contribution in [0.4, 0.5) is 5.82 Å². The minimum atomic E-state index is 0.490. The highest BCUT2D eigenvalue weighted by molar-refractivity contribution is 5.94. The molecule has 0 saturated heterocycles. The highest BCUT2D eigenvalue weighted by Gasteiger charge is 2.14. The van der Waals surface area contributed by atoms with Crippen LogP contribution < -0.4 is 10.6 Å². The molecule has 2 rings (SSSR count). The molecule has 0 spiro atoms. The van der Waals surface area contributed by atoms with Gasteiger partial charge in [-0.05, 0) is 24.3 Å². The summed E-state index contributed by atoms with van der Waals surface area (Å²) in [6.45, 7) is 4.99. The van der Waals surface area contributed by atoms with Crippen LogP contribution in [0.1, 0.15) is 32.3 Å². The molecular weight excluding hydrogens is 234 g/mol. The predicted octanol–water partition coefficient (Wildman–Crippen LogP) is 3.32. The molecule has 0 radical (unpaired) electrons. The van der Waals surface area contributed by atoms with Gasteiger partial charge in [-0.1, -0.05) is 37.6 Å². The van der Waals surface area contributed by atoms with Crippen molar-refractivity contribution >= 4 is 16.6 Å². The van der Waals surface area contributed by atoms with Gasteiger partial charge in [-0.15, -0.1) is 0 Å². The Morgan fingerprint density at radius 1 is 1.26 bits per heavy atom. The van der Waals surface area contributed by atoms with Crippen LogP contribution in [0.2, 0.25) is 0 Å². The topological polar surface area (TPSA) is 42.2 Å². The van der Waals surface area contributed by atoms with Crippen LogP contribution in [0, 0.1) is 0 Å². The number of hydrogen-bond acceptors (Lipinski definition) is 3. The van der Waals surface area contributed by atoms with E-state index in [-0.39, 0.29) is 0 Å². The molecule has 1 heterocycles. The quantitative estimate of drug-likeness (QED) is 0.893. The second kappa shape index (κ2) is 6.02. The number of nitrogens with zero attached hydrogens (tertiary/aromatic N) is 2. The lowest BCUT2D eigenvalue weighted by Gasteiger charge is -2.27. The Balaban J connectivity index is 2.50. The van der Waals surface area contributed by atoms with Crippen molar-refractivity contribution in [1.82, 2.24) is 4.98 Å². The van der Waals surface area contributed by atoms with Crippen LogP contribution in [0.25, 0.3) is 10.8 Å². The zero-order valence-corrected chi connectivity index (χ0v) is 12.1. The van der Waals surface area contributed by atoms with E-state index in [1.54, 1.807) is 0 Å². The van der Waals surface area contributed by atoms with Crippen molar-refractivity contribution < 1.29 is 0 Å². The molecule has 102 valence electrons. The zero-order valence-electron chi connectivity index (χ0n) is 12.1. The van der Waals surface area contributed by atoms with Gasteiger partial charge in [0.05, 0.1) is 0 Å². The number of hydrogen-bond donors (Lipinski definition) is 1. The van der Waals surface area contributed by atoms with Crippen LogP contribution in [-0.4, -0.2) is 18.1 Å². The van der Waals surface area contributed by atoms with Crippen molar-refractivity contribution in [2.45, 2.75) is 39.3 Å². The van der Waals surface area contributed by atoms with Crippen LogP contribution in [0.15, 0.2) is 30.5 Å². The SMILES string of the molecule is CCCC(C)N(C)c1ncc(CN)c2ccccc12. The number of benzene rings is 1. The molecule has 0 fully saturated rings. The van der Waals surface area contributed by atoms with Crippen molar-refractivity contribution in [2.24, 2.45) is 5.73 Å². The predicted molar refractivity (Wildman–Crippen MR) is 82.4 cm³/mol. The Labute approximate surface area is 115 Å². The van der Waals surface area contributed by atoms with Crippen LogP contribution in [-0.2, 0) is 6.54 Å². The van der Waals surface area contributed by atoms with E-state index in [4.69, 9.17) is 5.73 Å². The fourth-order valence-corrected chi connectivity index (χ4v) is 2.50. The molecule has 0 aliphatic rings. The van der Waals surface area contributed by atoms with Gasteiger partial charge in [0.25, 0.3) is 0 Å². The Morgan fingerprint density at radius 3 is 2.58 bits per heavy atom. The molecule has 1 aromatic carbocycles. The largest absolute Gasteiger partial charge is 0.356 e. The van der Waals surface area contributed by atoms with Gasteiger partial charge in [0.2, 0.25) is 0 Å². The second-order valence-electron chi connectivity index (χ2n) is 5.11. The maximum absolute atomic E-state index is 5.80. The lowest BCUT2D eigenvalue weighted by Crippen LogP contribution is -2.29. The Bertz CT molecular complexity index is 551. The number of fused-ring (bicyclic) bond motifs is 1. The molecule has 0 amide bonds. The number of nitrogens with two attached hydrogens (primary N) is 1. The van der Waals surface area contributed by atoms with E-state index in [1.165, 1.54) is 23.6 Å². The van der Waals surface area contributed by atoms with Crippen molar-refractivity contribution in [3.05, 3.63) is 36.0 Å². The van der Waals surface area contributed by atoms with Gasteiger partial charge in [0, 0.05) is 31.2 Å². The van der Waals surface area contributed by atoms with Gasteiger partial charge in [-0.3, -0.25) is 0 Å². The van der Waals surface area contributed by atoms with Gasteiger partial charge < -0.3 is 10.6 Å². The van der Waals surface area contributed by atoms with E-state index in [0.717, 1.165) is 11.4 Å². The maximum Gasteiger partial charge on any atom is 0.136 e. The summed E-state index contributed by atoms with van der Waals surface area (Å²) >= 11 is 0. The molecule has 0 aliphatic heterocycles. The number of aromatic nitrogens is 1. The first-order valence-electron chi connectivity index (χ1n) is 6.98. The minimum absolute atomic E-state index is 0.490. The summed E-state index contributed by atoms with van der Waals surface area (Å²) in [6.07, 6.45) is 4.27. The van der Waals surface area contributed by atoms with Gasteiger partial charge in [0.1, 0.15) is 5.82 Å². The monoisotopic (exact) mass is 257 g/mol. The third kappa shape index (κ3) is 2.71. The molecule has 3 heteroatoms. The van der Waals surface area contributed by atoms with Crippen LogP contribution >= 0.6 is 0 Å². The summed E-state index contributed by atoms with van der Waals surface area (Å²) in [6, 6.07) is 8.87. The molecule has 1 aromatic heterocycles. The lowest BCUT2D eigenvalue weighted by atomic mass is 10.1. The lowest BCUT2D eigenvalue weighted by molar-refractivity contribution is 0.612. The van der Waals surface area contributed by atoms with Gasteiger partial charge >= 0.3 is 0 Å². The van der Waals surface area contributed by atoms with Crippen LogP contribution in [0.3, 0.4) is 0 Å². The number of pyridine rings is 1. The molecule has 2 N–H and O–H groups in total. The molecule has 1 unspecified atom stereocenters. The Morgan fingerprint density at radius 2 is 1.95 bits per heavy atom. The standard InChI is InChI=1S/C16H23N3/c1-4-7-12(2)19(3)16-15-9-6-5-8-14(15)13(10-17)11-18-16/h5-6,8-9,11-12H,4,7,10,17H2,1-3H3. The number of rotatable bonds is 5. The van der Waals surface area contributed by atoms with Gasteiger partial charge in [-0.2, -0.15) is 0 Å². The first-order valence-corrected chi connectivity index (χ1v) is 6.98. The summed E-state index contributed by atoms with van der Waals surface area (Å²) in [5.41, 5.74) is 6.90. The summed E-state index contributed by atoms with van der Waals surface area (Å²) in [7, 11) is 2.12. The van der Waals surface area contributed by atoms with E-state index in [0.29, 0.717) is 12.6 Å². The highest BCUT2D eigenvalue weighted by Crippen LogP contribution is 2.28. The van der Waals surface area contributed by atoms with Crippen molar-refractivity contribution in [3.8, 4) is 0 Å². The fraction of sp³-hybridized carbons (Fsp3) is 0.438. The molecule has 0 saturated carbocycles. The first-order chi connectivity index (χ1) is 9.19. The van der Waals surface area contributed by atoms with Crippen molar-refractivity contribution in [2.75, 3.05) is 11.9 Å². The average Bonchev–Trinajstić information content (AvgIpc) is 2.45. The van der Waals surface area contributed by atoms with Crippen molar-refractivity contribution in [1.29, 1.82) is 0 Å². The van der Waals surface area contributed by atoms with E-state index in [2.05, 4.69) is 55.0 Å². The third-order valence-electron chi connectivity index (χ3n) is 3.78. The zero-order chi connectivity index (χ0) is 13.8. The summed E-state index contributed by atoms with van der Waals surface area (Å²) in [5.74, 6) is 1.05. The summed E-state index contributed by atoms with van der Waals surface area (Å²) < 4.78 is 0. The molecular formula is C16H23N3. The van der Waals surface area contributed by atoms with E-state index in [9.17, 15) is 0 Å². The van der Waals surface area contributed by atoms with Gasteiger partial charge in [-0.25, -0.2) is 4.98 Å². The average molecular weight is 257 g/mol. The van der Waals surface area contributed by atoms with Crippen LogP contribution in [0.5, 0.6) is 0 Å². The second-order valence-corrected chi connectivity index (χ2v) is 5.11. The van der Waals surface area contributed by atoms with Crippen molar-refractivity contribution in [3.63, 3.8) is 0 Å². The molecule has 1 atom stereocenters. The Hall–Kier alpha value is -1.61. The molecule has 19 heavy (non-hydrogen) atoms. The summed E-state index contributed by atoms with van der Waals surface area (Å²) in [4.78, 5) is 6.90. The smallest absolute Gasteiger partial charge is 0.136 e. The molecule has 2 aromatic rings. The first kappa shape index (κ1) is 13.8. The molecule has 0 aliphatic carbocycles. The maximum atomic E-state index is 5.80. The van der Waals surface area contributed by atoms with E-state index >= 15 is 0 Å². The minimum Gasteiger partial charge on any atom is -0.356 e. The third-order valence-corrected chi connectivity index (χ3v) is 3.78. The normalized spacial score (nSPS) is 12.6.